The van der Waals surface area contributed by atoms with Crippen LogP contribution in [-0.4, -0.2) is 16.4 Å². The van der Waals surface area contributed by atoms with Crippen LogP contribution >= 0.6 is 24.0 Å². The smallest absolute Gasteiger partial charge is 0.0181 e. The summed E-state index contributed by atoms with van der Waals surface area (Å²) in [5, 5.41) is 2.73. The summed E-state index contributed by atoms with van der Waals surface area (Å²) < 4.78 is 0. The molecular formula is C4H6S2. The first-order chi connectivity index (χ1) is 2.93. The highest BCUT2D eigenvalue weighted by Gasteiger charge is 2.19. The van der Waals surface area contributed by atoms with Gasteiger partial charge in [-0.1, -0.05) is 12.2 Å². The summed E-state index contributed by atoms with van der Waals surface area (Å²) in [5.74, 6) is 1.34. The molecule has 0 nitrogen and oxygen atoms in total. The van der Waals surface area contributed by atoms with Crippen LogP contribution in [0.1, 0.15) is 6.42 Å². The molecule has 1 heterocycles. The van der Waals surface area contributed by atoms with Crippen molar-refractivity contribution in [2.75, 3.05) is 5.75 Å². The van der Waals surface area contributed by atoms with Gasteiger partial charge in [0.25, 0.3) is 0 Å². The molecule has 0 bridgehead atoms. The molecule has 1 rings (SSSR count). The molecule has 34 valence electrons. The van der Waals surface area contributed by atoms with E-state index in [0.29, 0.717) is 0 Å². The zero-order valence-electron chi connectivity index (χ0n) is 3.39. The molecule has 0 amide bonds. The molecule has 1 aliphatic heterocycles. The predicted octanol–water partition coefficient (Wildman–Crippen LogP) is 1.49. The highest BCUT2D eigenvalue weighted by atomic mass is 32.2. The molecule has 1 atom stereocenters. The summed E-state index contributed by atoms with van der Waals surface area (Å²) in [7, 11) is 0. The standard InChI is InChI=1S/C4H6S2/c5-2-1-4-3-6-4/h2,4H,1,3H2. The summed E-state index contributed by atoms with van der Waals surface area (Å²) in [5.41, 5.74) is 0. The molecule has 0 radical (unpaired) electrons. The number of thioether (sulfide) groups is 1. The number of thiocarbonyl (C=S) groups is 1. The highest BCUT2D eigenvalue weighted by Crippen LogP contribution is 2.31. The summed E-state index contributed by atoms with van der Waals surface area (Å²) in [4.78, 5) is 0. The Hall–Kier alpha value is 0.440. The summed E-state index contributed by atoms with van der Waals surface area (Å²) in [6.45, 7) is 0. The average molecular weight is 118 g/mol. The van der Waals surface area contributed by atoms with Crippen LogP contribution in [0.4, 0.5) is 0 Å². The van der Waals surface area contributed by atoms with Crippen molar-refractivity contribution in [1.29, 1.82) is 0 Å². The second-order valence-corrected chi connectivity index (χ2v) is 3.02. The summed E-state index contributed by atoms with van der Waals surface area (Å²) in [6.07, 6.45) is 1.14. The van der Waals surface area contributed by atoms with Gasteiger partial charge in [-0.25, -0.2) is 0 Å². The zero-order valence-corrected chi connectivity index (χ0v) is 5.02. The van der Waals surface area contributed by atoms with Crippen molar-refractivity contribution in [2.45, 2.75) is 11.7 Å². The van der Waals surface area contributed by atoms with Crippen molar-refractivity contribution in [1.82, 2.24) is 0 Å². The van der Waals surface area contributed by atoms with E-state index in [1.54, 1.807) is 0 Å². The average Bonchev–Trinajstić information content (AvgIpc) is 2.21. The van der Waals surface area contributed by atoms with E-state index < -0.39 is 0 Å². The van der Waals surface area contributed by atoms with E-state index in [-0.39, 0.29) is 0 Å². The third-order valence-electron chi connectivity index (χ3n) is 0.761. The van der Waals surface area contributed by atoms with Crippen LogP contribution in [0.2, 0.25) is 0 Å². The van der Waals surface area contributed by atoms with Crippen LogP contribution in [-0.2, 0) is 0 Å². The van der Waals surface area contributed by atoms with E-state index in [9.17, 15) is 0 Å². The maximum Gasteiger partial charge on any atom is 0.0181 e. The van der Waals surface area contributed by atoms with E-state index in [4.69, 9.17) is 0 Å². The van der Waals surface area contributed by atoms with Crippen molar-refractivity contribution in [3.63, 3.8) is 0 Å². The second-order valence-electron chi connectivity index (χ2n) is 1.36. The van der Waals surface area contributed by atoms with Crippen molar-refractivity contribution in [3.8, 4) is 0 Å². The lowest BCUT2D eigenvalue weighted by Gasteiger charge is -1.73. The predicted molar refractivity (Wildman–Crippen MR) is 34.5 cm³/mol. The molecular weight excluding hydrogens is 112 g/mol. The van der Waals surface area contributed by atoms with Crippen LogP contribution in [0.25, 0.3) is 0 Å². The van der Waals surface area contributed by atoms with Crippen molar-refractivity contribution in [2.24, 2.45) is 0 Å². The minimum Gasteiger partial charge on any atom is -0.156 e. The zero-order chi connectivity index (χ0) is 4.41. The molecule has 0 spiro atoms. The Labute approximate surface area is 47.3 Å². The van der Waals surface area contributed by atoms with Gasteiger partial charge in [-0.05, 0) is 11.8 Å². The lowest BCUT2D eigenvalue weighted by molar-refractivity contribution is 1.16. The normalized spacial score (nSPS) is 29.7. The fraction of sp³-hybridized carbons (Fsp3) is 0.750. The van der Waals surface area contributed by atoms with Crippen LogP contribution in [0.3, 0.4) is 0 Å². The molecule has 0 aliphatic carbocycles. The van der Waals surface area contributed by atoms with E-state index in [1.807, 2.05) is 17.1 Å². The Morgan fingerprint density at radius 3 is 2.83 bits per heavy atom. The van der Waals surface area contributed by atoms with Gasteiger partial charge in [-0.3, -0.25) is 0 Å². The Morgan fingerprint density at radius 2 is 2.67 bits per heavy atom. The Balaban J connectivity index is 2.00. The molecule has 0 aromatic heterocycles. The molecule has 1 unspecified atom stereocenters. The monoisotopic (exact) mass is 118 g/mol. The topological polar surface area (TPSA) is 0 Å². The fourth-order valence-corrected chi connectivity index (χ4v) is 1.17. The van der Waals surface area contributed by atoms with Crippen molar-refractivity contribution >= 4 is 29.3 Å². The van der Waals surface area contributed by atoms with Gasteiger partial charge in [-0.2, -0.15) is 11.8 Å². The highest BCUT2D eigenvalue weighted by molar-refractivity contribution is 8.06. The summed E-state index contributed by atoms with van der Waals surface area (Å²) in [6, 6.07) is 0. The molecule has 0 saturated carbocycles. The van der Waals surface area contributed by atoms with Gasteiger partial charge in [0, 0.05) is 11.0 Å². The van der Waals surface area contributed by atoms with Crippen LogP contribution in [0.5, 0.6) is 0 Å². The van der Waals surface area contributed by atoms with E-state index in [1.165, 1.54) is 5.75 Å². The Bertz CT molecular complexity index is 56.6. The first-order valence-electron chi connectivity index (χ1n) is 1.98. The molecule has 1 aliphatic rings. The lowest BCUT2D eigenvalue weighted by Crippen LogP contribution is -1.78. The third-order valence-corrected chi connectivity index (χ3v) is 1.95. The number of rotatable bonds is 2. The van der Waals surface area contributed by atoms with Gasteiger partial charge in [0.2, 0.25) is 0 Å². The molecule has 6 heavy (non-hydrogen) atoms. The maximum absolute atomic E-state index is 4.63. The molecule has 0 aromatic carbocycles. The number of hydrogen-bond donors (Lipinski definition) is 0. The molecule has 2 heteroatoms. The second kappa shape index (κ2) is 1.94. The fourth-order valence-electron chi connectivity index (χ4n) is 0.311. The minimum atomic E-state index is 0.905. The largest absolute Gasteiger partial charge is 0.156 e. The van der Waals surface area contributed by atoms with Gasteiger partial charge < -0.3 is 0 Å². The minimum absolute atomic E-state index is 0.905. The number of hydrogen-bond acceptors (Lipinski definition) is 2. The quantitative estimate of drug-likeness (QED) is 0.398. The van der Waals surface area contributed by atoms with Crippen molar-refractivity contribution in [3.05, 3.63) is 0 Å². The first kappa shape index (κ1) is 4.60. The maximum atomic E-state index is 4.63. The van der Waals surface area contributed by atoms with Crippen LogP contribution < -0.4 is 0 Å². The molecule has 0 N–H and O–H groups in total. The molecule has 1 fully saturated rings. The van der Waals surface area contributed by atoms with Gasteiger partial charge in [0.15, 0.2) is 0 Å². The Morgan fingerprint density at radius 1 is 2.00 bits per heavy atom. The third kappa shape index (κ3) is 1.27. The lowest BCUT2D eigenvalue weighted by atomic mass is 10.4. The van der Waals surface area contributed by atoms with E-state index >= 15 is 0 Å². The van der Waals surface area contributed by atoms with Crippen LogP contribution in [0.15, 0.2) is 0 Å². The molecule has 1 saturated heterocycles. The summed E-state index contributed by atoms with van der Waals surface area (Å²) >= 11 is 6.62. The van der Waals surface area contributed by atoms with Gasteiger partial charge in [-0.15, -0.1) is 0 Å². The SMILES string of the molecule is S=CCC1CS1. The van der Waals surface area contributed by atoms with E-state index in [2.05, 4.69) is 12.2 Å². The van der Waals surface area contributed by atoms with Crippen LogP contribution in [0, 0.1) is 0 Å². The van der Waals surface area contributed by atoms with Gasteiger partial charge in [0.1, 0.15) is 0 Å². The van der Waals surface area contributed by atoms with Gasteiger partial charge in [0.05, 0.1) is 0 Å². The first-order valence-corrected chi connectivity index (χ1v) is 3.50. The Kier molecular flexibility index (Phi) is 1.48. The van der Waals surface area contributed by atoms with E-state index in [0.717, 1.165) is 11.7 Å². The van der Waals surface area contributed by atoms with Gasteiger partial charge >= 0.3 is 0 Å². The van der Waals surface area contributed by atoms with Crippen molar-refractivity contribution < 1.29 is 0 Å². The molecule has 0 aromatic rings.